The van der Waals surface area contributed by atoms with Crippen LogP contribution in [0.5, 0.6) is 5.75 Å². The number of amides is 1. The van der Waals surface area contributed by atoms with E-state index in [9.17, 15) is 18.0 Å². The van der Waals surface area contributed by atoms with Crippen molar-refractivity contribution >= 4 is 11.6 Å². The second kappa shape index (κ2) is 8.16. The Morgan fingerprint density at radius 1 is 1.18 bits per heavy atom. The van der Waals surface area contributed by atoms with Crippen LogP contribution in [-0.2, 0) is 17.4 Å². The molecule has 1 amide bonds. The number of rotatable bonds is 6. The van der Waals surface area contributed by atoms with Crippen molar-refractivity contribution in [1.29, 1.82) is 0 Å². The number of hydrogen-bond acceptors (Lipinski definition) is 3. The number of halogens is 3. The van der Waals surface area contributed by atoms with Crippen LogP contribution in [0.1, 0.15) is 17.5 Å². The van der Waals surface area contributed by atoms with E-state index in [4.69, 9.17) is 4.74 Å². The van der Waals surface area contributed by atoms with Gasteiger partial charge in [0.1, 0.15) is 5.75 Å². The molecule has 3 rings (SSSR count). The Morgan fingerprint density at radius 3 is 2.54 bits per heavy atom. The van der Waals surface area contributed by atoms with Crippen LogP contribution in [0.4, 0.5) is 18.9 Å². The first-order chi connectivity index (χ1) is 13.4. The third kappa shape index (κ3) is 4.70. The summed E-state index contributed by atoms with van der Waals surface area (Å²) in [5, 5.41) is 6.30. The Kier molecular flexibility index (Phi) is 5.67. The van der Waals surface area contributed by atoms with E-state index < -0.39 is 17.6 Å². The monoisotopic (exact) mass is 389 g/mol. The van der Waals surface area contributed by atoms with E-state index >= 15 is 0 Å². The number of nitrogens with one attached hydrogen (secondary N) is 1. The van der Waals surface area contributed by atoms with E-state index in [1.54, 1.807) is 31.5 Å². The molecule has 0 saturated carbocycles. The predicted octanol–water partition coefficient (Wildman–Crippen LogP) is 4.47. The number of hydrogen-bond donors (Lipinski definition) is 1. The van der Waals surface area contributed by atoms with Crippen LogP contribution in [0.2, 0.25) is 0 Å². The van der Waals surface area contributed by atoms with Gasteiger partial charge in [-0.25, -0.2) is 4.68 Å². The molecule has 146 valence electrons. The van der Waals surface area contributed by atoms with Gasteiger partial charge in [0.2, 0.25) is 5.91 Å². The van der Waals surface area contributed by atoms with Gasteiger partial charge < -0.3 is 10.1 Å². The number of methoxy groups -OCH3 is 1. The fourth-order valence-electron chi connectivity index (χ4n) is 2.70. The lowest BCUT2D eigenvalue weighted by Gasteiger charge is -2.15. The molecular weight excluding hydrogens is 371 g/mol. The van der Waals surface area contributed by atoms with Crippen molar-refractivity contribution in [3.8, 4) is 11.4 Å². The van der Waals surface area contributed by atoms with Crippen molar-refractivity contribution < 1.29 is 22.7 Å². The molecule has 0 fully saturated rings. The topological polar surface area (TPSA) is 56.1 Å². The smallest absolute Gasteiger partial charge is 0.418 e. The van der Waals surface area contributed by atoms with Crippen molar-refractivity contribution in [3.05, 3.63) is 72.1 Å². The maximum absolute atomic E-state index is 13.4. The molecular formula is C20H18F3N3O2. The van der Waals surface area contributed by atoms with E-state index in [0.717, 1.165) is 11.6 Å². The number of benzene rings is 2. The highest BCUT2D eigenvalue weighted by Crippen LogP contribution is 2.36. The van der Waals surface area contributed by atoms with Gasteiger partial charge >= 0.3 is 6.18 Å². The molecule has 1 heterocycles. The van der Waals surface area contributed by atoms with Gasteiger partial charge in [0.15, 0.2) is 0 Å². The number of nitrogens with zero attached hydrogens (tertiary/aromatic N) is 2. The van der Waals surface area contributed by atoms with Crippen molar-refractivity contribution in [2.24, 2.45) is 0 Å². The molecule has 0 unspecified atom stereocenters. The molecule has 0 aliphatic heterocycles. The van der Waals surface area contributed by atoms with Crippen LogP contribution >= 0.6 is 0 Å². The summed E-state index contributed by atoms with van der Waals surface area (Å²) in [6, 6.07) is 12.4. The molecule has 1 N–H and O–H groups in total. The average molecular weight is 389 g/mol. The normalized spacial score (nSPS) is 11.3. The van der Waals surface area contributed by atoms with Crippen LogP contribution in [0.3, 0.4) is 0 Å². The van der Waals surface area contributed by atoms with Gasteiger partial charge in [-0.15, -0.1) is 0 Å². The molecule has 8 heteroatoms. The largest absolute Gasteiger partial charge is 0.497 e. The molecule has 0 saturated heterocycles. The first-order valence-corrected chi connectivity index (χ1v) is 8.51. The van der Waals surface area contributed by atoms with E-state index in [1.165, 1.54) is 23.0 Å². The summed E-state index contributed by atoms with van der Waals surface area (Å²) >= 11 is 0. The number of aromatic nitrogens is 2. The van der Waals surface area contributed by atoms with Crippen molar-refractivity contribution in [2.45, 2.75) is 19.0 Å². The zero-order chi connectivity index (χ0) is 20.1. The lowest BCUT2D eigenvalue weighted by atomic mass is 10.1. The van der Waals surface area contributed by atoms with Crippen LogP contribution in [0, 0.1) is 0 Å². The molecule has 28 heavy (non-hydrogen) atoms. The standard InChI is InChI=1S/C20H18F3N3O2/c1-28-16-7-3-14(4-8-16)5-10-19(27)25-18-9-6-15(26-12-2-11-24-26)13-17(18)20(21,22)23/h2-4,6-9,11-13H,5,10H2,1H3,(H,25,27). The SMILES string of the molecule is COc1ccc(CCC(=O)Nc2ccc(-n3cccn3)cc2C(F)(F)F)cc1. The molecule has 0 atom stereocenters. The summed E-state index contributed by atoms with van der Waals surface area (Å²) in [4.78, 5) is 12.2. The third-order valence-electron chi connectivity index (χ3n) is 4.15. The van der Waals surface area contributed by atoms with Crippen molar-refractivity contribution in [3.63, 3.8) is 0 Å². The average Bonchev–Trinajstić information content (AvgIpc) is 3.21. The van der Waals surface area contributed by atoms with Crippen molar-refractivity contribution in [2.75, 3.05) is 12.4 Å². The molecule has 0 aliphatic carbocycles. The quantitative estimate of drug-likeness (QED) is 0.677. The molecule has 0 aliphatic rings. The summed E-state index contributed by atoms with van der Waals surface area (Å²) < 4.78 is 46.7. The highest BCUT2D eigenvalue weighted by atomic mass is 19.4. The van der Waals surface area contributed by atoms with Gasteiger partial charge in [-0.3, -0.25) is 4.79 Å². The molecule has 1 aromatic heterocycles. The Labute approximate surface area is 159 Å². The number of alkyl halides is 3. The van der Waals surface area contributed by atoms with Crippen LogP contribution < -0.4 is 10.1 Å². The zero-order valence-corrected chi connectivity index (χ0v) is 15.0. The summed E-state index contributed by atoms with van der Waals surface area (Å²) in [7, 11) is 1.55. The van der Waals surface area contributed by atoms with E-state index in [1.807, 2.05) is 12.1 Å². The molecule has 3 aromatic rings. The fraction of sp³-hybridized carbons (Fsp3) is 0.200. The minimum Gasteiger partial charge on any atom is -0.497 e. The Hall–Kier alpha value is -3.29. The molecule has 0 spiro atoms. The van der Waals surface area contributed by atoms with Gasteiger partial charge in [0.25, 0.3) is 0 Å². The van der Waals surface area contributed by atoms with Crippen LogP contribution in [0.25, 0.3) is 5.69 Å². The van der Waals surface area contributed by atoms with E-state index in [0.29, 0.717) is 12.2 Å². The second-order valence-corrected chi connectivity index (χ2v) is 6.07. The van der Waals surface area contributed by atoms with Gasteiger partial charge in [0, 0.05) is 18.8 Å². The Morgan fingerprint density at radius 2 is 1.93 bits per heavy atom. The van der Waals surface area contributed by atoms with Crippen LogP contribution in [-0.4, -0.2) is 22.8 Å². The summed E-state index contributed by atoms with van der Waals surface area (Å²) in [6.07, 6.45) is -1.13. The Balaban J connectivity index is 1.72. The first-order valence-electron chi connectivity index (χ1n) is 8.51. The summed E-state index contributed by atoms with van der Waals surface area (Å²) in [6.45, 7) is 0. The van der Waals surface area contributed by atoms with E-state index in [-0.39, 0.29) is 17.8 Å². The maximum Gasteiger partial charge on any atom is 0.418 e. The lowest BCUT2D eigenvalue weighted by Crippen LogP contribution is -2.17. The highest BCUT2D eigenvalue weighted by molar-refractivity contribution is 5.92. The number of carbonyl (C=O) groups is 1. The number of aryl methyl sites for hydroxylation is 1. The minimum absolute atomic E-state index is 0.0601. The molecule has 5 nitrogen and oxygen atoms in total. The fourth-order valence-corrected chi connectivity index (χ4v) is 2.70. The number of anilines is 1. The molecule has 0 radical (unpaired) electrons. The van der Waals surface area contributed by atoms with Gasteiger partial charge in [0.05, 0.1) is 24.0 Å². The van der Waals surface area contributed by atoms with Gasteiger partial charge in [-0.1, -0.05) is 12.1 Å². The molecule has 2 aromatic carbocycles. The second-order valence-electron chi connectivity index (χ2n) is 6.07. The predicted molar refractivity (Wildman–Crippen MR) is 98.5 cm³/mol. The Bertz CT molecular complexity index is 936. The first kappa shape index (κ1) is 19.5. The summed E-state index contributed by atoms with van der Waals surface area (Å²) in [5.74, 6) is 0.202. The van der Waals surface area contributed by atoms with Gasteiger partial charge in [-0.05, 0) is 48.4 Å². The summed E-state index contributed by atoms with van der Waals surface area (Å²) in [5.41, 5.74) is -0.0454. The number of carbonyl (C=O) groups excluding carboxylic acids is 1. The third-order valence-corrected chi connectivity index (χ3v) is 4.15. The van der Waals surface area contributed by atoms with Crippen molar-refractivity contribution in [1.82, 2.24) is 9.78 Å². The van der Waals surface area contributed by atoms with E-state index in [2.05, 4.69) is 10.4 Å². The lowest BCUT2D eigenvalue weighted by molar-refractivity contribution is -0.137. The molecule has 0 bridgehead atoms. The maximum atomic E-state index is 13.4. The minimum atomic E-state index is -4.61. The van der Waals surface area contributed by atoms with Crippen LogP contribution in [0.15, 0.2) is 60.9 Å². The number of ether oxygens (including phenoxy) is 1. The van der Waals surface area contributed by atoms with Gasteiger partial charge in [-0.2, -0.15) is 18.3 Å². The highest BCUT2D eigenvalue weighted by Gasteiger charge is 2.34. The zero-order valence-electron chi connectivity index (χ0n) is 15.0.